The molecule has 0 radical (unpaired) electrons. The Bertz CT molecular complexity index is 636. The lowest BCUT2D eigenvalue weighted by molar-refractivity contribution is -0.104. The smallest absolute Gasteiger partial charge is 0.144 e. The third-order valence-electron chi connectivity index (χ3n) is 2.90. The standard InChI is InChI=1S/C17H15ClO3/c1-20-14-7-8-15(16(18)9-10-19)17(11-14)21-12-13-5-3-2-4-6-13/h2-11H,12H2,1H3/b16-9+. The number of aldehydes is 1. The molecule has 2 aromatic rings. The second-order valence-electron chi connectivity index (χ2n) is 4.29. The van der Waals surface area contributed by atoms with Crippen LogP contribution in [0.25, 0.3) is 5.03 Å². The largest absolute Gasteiger partial charge is 0.497 e. The van der Waals surface area contributed by atoms with E-state index in [1.807, 2.05) is 30.3 Å². The molecule has 21 heavy (non-hydrogen) atoms. The van der Waals surface area contributed by atoms with E-state index < -0.39 is 0 Å². The van der Waals surface area contributed by atoms with Crippen LogP contribution in [-0.2, 0) is 11.4 Å². The van der Waals surface area contributed by atoms with Gasteiger partial charge in [0, 0.05) is 11.6 Å². The minimum Gasteiger partial charge on any atom is -0.497 e. The van der Waals surface area contributed by atoms with Crippen LogP contribution in [0.5, 0.6) is 11.5 Å². The molecule has 0 unspecified atom stereocenters. The summed E-state index contributed by atoms with van der Waals surface area (Å²) in [5.74, 6) is 1.23. The highest BCUT2D eigenvalue weighted by Gasteiger charge is 2.09. The summed E-state index contributed by atoms with van der Waals surface area (Å²) in [5.41, 5.74) is 1.70. The number of ether oxygens (including phenoxy) is 2. The number of carbonyl (C=O) groups excluding carboxylic acids is 1. The van der Waals surface area contributed by atoms with Crippen molar-refractivity contribution in [1.82, 2.24) is 0 Å². The lowest BCUT2D eigenvalue weighted by Crippen LogP contribution is -1.98. The number of hydrogen-bond donors (Lipinski definition) is 0. The Labute approximate surface area is 128 Å². The lowest BCUT2D eigenvalue weighted by Gasteiger charge is -2.12. The fourth-order valence-corrected chi connectivity index (χ4v) is 2.04. The second-order valence-corrected chi connectivity index (χ2v) is 4.69. The maximum Gasteiger partial charge on any atom is 0.144 e. The van der Waals surface area contributed by atoms with E-state index in [2.05, 4.69) is 0 Å². The van der Waals surface area contributed by atoms with Crippen LogP contribution < -0.4 is 9.47 Å². The summed E-state index contributed by atoms with van der Waals surface area (Å²) in [7, 11) is 1.58. The van der Waals surface area contributed by atoms with E-state index in [-0.39, 0.29) is 0 Å². The highest BCUT2D eigenvalue weighted by Crippen LogP contribution is 2.32. The predicted octanol–water partition coefficient (Wildman–Crippen LogP) is 4.05. The molecule has 4 heteroatoms. The Morgan fingerprint density at radius 1 is 1.19 bits per heavy atom. The molecule has 0 heterocycles. The van der Waals surface area contributed by atoms with Gasteiger partial charge in [-0.25, -0.2) is 0 Å². The summed E-state index contributed by atoms with van der Waals surface area (Å²) in [6.07, 6.45) is 1.94. The Morgan fingerprint density at radius 2 is 1.95 bits per heavy atom. The maximum absolute atomic E-state index is 10.6. The van der Waals surface area contributed by atoms with Gasteiger partial charge in [0.25, 0.3) is 0 Å². The fourth-order valence-electron chi connectivity index (χ4n) is 1.83. The first-order valence-corrected chi connectivity index (χ1v) is 6.78. The van der Waals surface area contributed by atoms with Gasteiger partial charge in [-0.05, 0) is 23.8 Å². The molecule has 0 aromatic heterocycles. The topological polar surface area (TPSA) is 35.5 Å². The van der Waals surface area contributed by atoms with Crippen LogP contribution in [0.4, 0.5) is 0 Å². The molecule has 108 valence electrons. The van der Waals surface area contributed by atoms with Crippen molar-refractivity contribution in [3.63, 3.8) is 0 Å². The van der Waals surface area contributed by atoms with Gasteiger partial charge in [-0.15, -0.1) is 0 Å². The molecule has 0 saturated heterocycles. The Balaban J connectivity index is 2.26. The van der Waals surface area contributed by atoms with Gasteiger partial charge >= 0.3 is 0 Å². The summed E-state index contributed by atoms with van der Waals surface area (Å²) < 4.78 is 11.0. The summed E-state index contributed by atoms with van der Waals surface area (Å²) in [4.78, 5) is 10.6. The number of carbonyl (C=O) groups is 1. The first-order chi connectivity index (χ1) is 10.2. The number of methoxy groups -OCH3 is 1. The second kappa shape index (κ2) is 7.50. The van der Waals surface area contributed by atoms with Crippen molar-refractivity contribution in [1.29, 1.82) is 0 Å². The van der Waals surface area contributed by atoms with Crippen molar-refractivity contribution < 1.29 is 14.3 Å². The molecule has 0 atom stereocenters. The van der Waals surface area contributed by atoms with E-state index >= 15 is 0 Å². The molecule has 0 saturated carbocycles. The van der Waals surface area contributed by atoms with Crippen LogP contribution in [-0.4, -0.2) is 13.4 Å². The Morgan fingerprint density at radius 3 is 2.62 bits per heavy atom. The van der Waals surface area contributed by atoms with Gasteiger partial charge in [-0.1, -0.05) is 41.9 Å². The van der Waals surface area contributed by atoms with Crippen LogP contribution in [0.1, 0.15) is 11.1 Å². The van der Waals surface area contributed by atoms with E-state index in [4.69, 9.17) is 21.1 Å². The highest BCUT2D eigenvalue weighted by molar-refractivity contribution is 6.50. The quantitative estimate of drug-likeness (QED) is 0.596. The van der Waals surface area contributed by atoms with E-state index in [0.717, 1.165) is 5.56 Å². The first-order valence-electron chi connectivity index (χ1n) is 6.40. The van der Waals surface area contributed by atoms with Crippen LogP contribution >= 0.6 is 11.6 Å². The van der Waals surface area contributed by atoms with E-state index in [9.17, 15) is 4.79 Å². The monoisotopic (exact) mass is 302 g/mol. The van der Waals surface area contributed by atoms with Crippen LogP contribution in [0.2, 0.25) is 0 Å². The van der Waals surface area contributed by atoms with Crippen molar-refractivity contribution in [2.24, 2.45) is 0 Å². The van der Waals surface area contributed by atoms with Crippen LogP contribution in [0, 0.1) is 0 Å². The van der Waals surface area contributed by atoms with Gasteiger partial charge in [-0.3, -0.25) is 4.79 Å². The minimum atomic E-state index is 0.329. The SMILES string of the molecule is COc1ccc(/C(Cl)=C\C=O)c(OCc2ccccc2)c1. The number of benzene rings is 2. The van der Waals surface area contributed by atoms with Gasteiger partial charge in [0.2, 0.25) is 0 Å². The van der Waals surface area contributed by atoms with Crippen molar-refractivity contribution in [3.05, 3.63) is 65.7 Å². The van der Waals surface area contributed by atoms with Crippen molar-refractivity contribution >= 4 is 22.9 Å². The average Bonchev–Trinajstić information content (AvgIpc) is 2.53. The Kier molecular flexibility index (Phi) is 5.41. The van der Waals surface area contributed by atoms with E-state index in [1.54, 1.807) is 25.3 Å². The van der Waals surface area contributed by atoms with Crippen LogP contribution in [0.3, 0.4) is 0 Å². The fraction of sp³-hybridized carbons (Fsp3) is 0.118. The molecule has 0 aliphatic heterocycles. The van der Waals surface area contributed by atoms with Crippen molar-refractivity contribution in [3.8, 4) is 11.5 Å². The predicted molar refractivity (Wildman–Crippen MR) is 83.7 cm³/mol. The van der Waals surface area contributed by atoms with E-state index in [0.29, 0.717) is 35.0 Å². The molecule has 0 bridgehead atoms. The molecule has 2 rings (SSSR count). The van der Waals surface area contributed by atoms with Gasteiger partial charge < -0.3 is 9.47 Å². The molecular weight excluding hydrogens is 288 g/mol. The number of rotatable bonds is 6. The first kappa shape index (κ1) is 15.1. The molecule has 3 nitrogen and oxygen atoms in total. The van der Waals surface area contributed by atoms with Gasteiger partial charge in [0.05, 0.1) is 12.1 Å². The Hall–Kier alpha value is -2.26. The number of allylic oxidation sites excluding steroid dienone is 1. The zero-order valence-corrected chi connectivity index (χ0v) is 12.3. The average molecular weight is 303 g/mol. The lowest BCUT2D eigenvalue weighted by atomic mass is 10.1. The zero-order valence-electron chi connectivity index (χ0n) is 11.6. The third-order valence-corrected chi connectivity index (χ3v) is 3.23. The molecule has 0 N–H and O–H groups in total. The number of halogens is 1. The van der Waals surface area contributed by atoms with Crippen molar-refractivity contribution in [2.75, 3.05) is 7.11 Å². The molecule has 0 amide bonds. The summed E-state index contributed by atoms with van der Waals surface area (Å²) in [6.45, 7) is 0.409. The van der Waals surface area contributed by atoms with Gasteiger partial charge in [0.15, 0.2) is 0 Å². The summed E-state index contributed by atoms with van der Waals surface area (Å²) in [6, 6.07) is 15.1. The van der Waals surface area contributed by atoms with Crippen LogP contribution in [0.15, 0.2) is 54.6 Å². The maximum atomic E-state index is 10.6. The van der Waals surface area contributed by atoms with Crippen molar-refractivity contribution in [2.45, 2.75) is 6.61 Å². The molecule has 2 aromatic carbocycles. The zero-order chi connectivity index (χ0) is 15.1. The van der Waals surface area contributed by atoms with Gasteiger partial charge in [-0.2, -0.15) is 0 Å². The molecule has 0 aliphatic carbocycles. The number of hydrogen-bond acceptors (Lipinski definition) is 3. The minimum absolute atomic E-state index is 0.329. The molecule has 0 fully saturated rings. The van der Waals surface area contributed by atoms with Gasteiger partial charge in [0.1, 0.15) is 24.4 Å². The normalized spacial score (nSPS) is 11.0. The van der Waals surface area contributed by atoms with E-state index in [1.165, 1.54) is 6.08 Å². The molecule has 0 aliphatic rings. The summed E-state index contributed by atoms with van der Waals surface area (Å²) >= 11 is 6.10. The molecular formula is C17H15ClO3. The summed E-state index contributed by atoms with van der Waals surface area (Å²) in [5, 5.41) is 0.329. The third kappa shape index (κ3) is 4.10. The highest BCUT2D eigenvalue weighted by atomic mass is 35.5. The molecule has 0 spiro atoms.